The zero-order chi connectivity index (χ0) is 9.76. The molecule has 0 bridgehead atoms. The van der Waals surface area contributed by atoms with E-state index in [1.165, 1.54) is 6.08 Å². The fourth-order valence-corrected chi connectivity index (χ4v) is 1.63. The van der Waals surface area contributed by atoms with Crippen LogP contribution in [-0.2, 0) is 9.47 Å². The third-order valence-electron chi connectivity index (χ3n) is 2.24. The molecule has 1 fully saturated rings. The third-order valence-corrected chi connectivity index (χ3v) is 2.24. The number of halogens is 2. The molecule has 3 rings (SSSR count). The molecule has 6 heteroatoms. The van der Waals surface area contributed by atoms with E-state index in [1.807, 2.05) is 0 Å². The monoisotopic (exact) mass is 200 g/mol. The second kappa shape index (κ2) is 2.26. The van der Waals surface area contributed by atoms with Crippen LogP contribution in [0.1, 0.15) is 0 Å². The van der Waals surface area contributed by atoms with Gasteiger partial charge in [-0.05, 0) is 12.2 Å². The number of rotatable bonds is 0. The van der Waals surface area contributed by atoms with Gasteiger partial charge in [0, 0.05) is 0 Å². The Bertz CT molecular complexity index is 376. The normalized spacial score (nSPS) is 35.9. The molecule has 0 spiro atoms. The van der Waals surface area contributed by atoms with Gasteiger partial charge in [-0.3, -0.25) is 4.99 Å². The summed E-state index contributed by atoms with van der Waals surface area (Å²) in [6, 6.07) is -0.280. The summed E-state index contributed by atoms with van der Waals surface area (Å²) in [7, 11) is 0. The fourth-order valence-electron chi connectivity index (χ4n) is 1.63. The molecule has 14 heavy (non-hydrogen) atoms. The first kappa shape index (κ1) is 7.78. The van der Waals surface area contributed by atoms with Crippen molar-refractivity contribution in [2.45, 2.75) is 18.4 Å². The van der Waals surface area contributed by atoms with Crippen LogP contribution in [0.2, 0.25) is 0 Å². The predicted molar refractivity (Wildman–Crippen MR) is 42.5 cm³/mol. The van der Waals surface area contributed by atoms with Crippen molar-refractivity contribution in [3.8, 4) is 0 Å². The van der Waals surface area contributed by atoms with E-state index in [2.05, 4.69) is 19.8 Å². The van der Waals surface area contributed by atoms with Crippen LogP contribution < -0.4 is 5.32 Å². The van der Waals surface area contributed by atoms with Crippen LogP contribution in [0.25, 0.3) is 0 Å². The average molecular weight is 200 g/mol. The van der Waals surface area contributed by atoms with E-state index in [0.717, 1.165) is 0 Å². The third kappa shape index (κ3) is 0.997. The van der Waals surface area contributed by atoms with E-state index in [1.54, 1.807) is 12.4 Å². The largest absolute Gasteiger partial charge is 0.586 e. The van der Waals surface area contributed by atoms with Crippen LogP contribution in [0.15, 0.2) is 28.7 Å². The van der Waals surface area contributed by atoms with Crippen LogP contribution in [0.3, 0.4) is 0 Å². The maximum absolute atomic E-state index is 12.6. The topological polar surface area (TPSA) is 42.8 Å². The number of nitrogens with zero attached hydrogens (tertiary/aromatic N) is 1. The number of aliphatic imine (C=N–C) groups is 1. The minimum absolute atomic E-state index is 0.0668. The van der Waals surface area contributed by atoms with E-state index in [-0.39, 0.29) is 23.6 Å². The smallest absolute Gasteiger partial charge is 0.396 e. The maximum Gasteiger partial charge on any atom is 0.586 e. The molecule has 1 aliphatic carbocycles. The van der Waals surface area contributed by atoms with Crippen molar-refractivity contribution in [3.05, 3.63) is 23.7 Å². The van der Waals surface area contributed by atoms with Gasteiger partial charge in [-0.2, -0.15) is 0 Å². The molecule has 0 aromatic carbocycles. The van der Waals surface area contributed by atoms with Gasteiger partial charge in [0.2, 0.25) is 0 Å². The first-order valence-electron chi connectivity index (χ1n) is 4.12. The number of hydrogen-bond acceptors (Lipinski definition) is 4. The summed E-state index contributed by atoms with van der Waals surface area (Å²) in [5.41, 5.74) is 0. The molecule has 0 aromatic rings. The minimum atomic E-state index is -3.54. The SMILES string of the molecule is FC1(F)OC2=CC3N=CNC3C=C2O1. The number of fused-ring (bicyclic) bond motifs is 2. The Kier molecular flexibility index (Phi) is 1.25. The molecule has 0 amide bonds. The van der Waals surface area contributed by atoms with E-state index in [9.17, 15) is 8.78 Å². The Morgan fingerprint density at radius 1 is 1.29 bits per heavy atom. The van der Waals surface area contributed by atoms with Gasteiger partial charge in [-0.25, -0.2) is 0 Å². The molecule has 2 atom stereocenters. The van der Waals surface area contributed by atoms with Gasteiger partial charge in [0.1, 0.15) is 0 Å². The second-order valence-corrected chi connectivity index (χ2v) is 3.19. The summed E-state index contributed by atoms with van der Waals surface area (Å²) < 4.78 is 33.9. The van der Waals surface area contributed by atoms with Crippen LogP contribution in [0.5, 0.6) is 0 Å². The highest BCUT2D eigenvalue weighted by molar-refractivity contribution is 5.61. The Hall–Kier alpha value is -1.59. The summed E-state index contributed by atoms with van der Waals surface area (Å²) >= 11 is 0. The number of alkyl halides is 2. The van der Waals surface area contributed by atoms with Gasteiger partial charge in [0.25, 0.3) is 0 Å². The van der Waals surface area contributed by atoms with Crippen molar-refractivity contribution in [1.82, 2.24) is 5.32 Å². The van der Waals surface area contributed by atoms with Crippen molar-refractivity contribution in [2.24, 2.45) is 4.99 Å². The lowest BCUT2D eigenvalue weighted by Gasteiger charge is -2.15. The molecule has 0 saturated carbocycles. The Balaban J connectivity index is 1.97. The number of nitrogens with one attached hydrogen (secondary N) is 1. The Morgan fingerprint density at radius 2 is 2.00 bits per heavy atom. The summed E-state index contributed by atoms with van der Waals surface area (Å²) in [5.74, 6) is 0.145. The molecule has 0 radical (unpaired) electrons. The number of hydrogen-bond donors (Lipinski definition) is 1. The van der Waals surface area contributed by atoms with E-state index in [0.29, 0.717) is 0 Å². The van der Waals surface area contributed by atoms with Gasteiger partial charge < -0.3 is 14.8 Å². The van der Waals surface area contributed by atoms with E-state index in [4.69, 9.17) is 0 Å². The molecule has 1 N–H and O–H groups in total. The standard InChI is InChI=1S/C8H6F2N2O2/c9-8(10)13-6-1-4-5(12-3-11-4)2-7(6)14-8/h1-5H,(H,11,12). The lowest BCUT2D eigenvalue weighted by Crippen LogP contribution is -2.31. The molecular weight excluding hydrogens is 194 g/mol. The van der Waals surface area contributed by atoms with Gasteiger partial charge in [0.05, 0.1) is 18.4 Å². The zero-order valence-corrected chi connectivity index (χ0v) is 6.91. The highest BCUT2D eigenvalue weighted by Crippen LogP contribution is 2.39. The summed E-state index contributed by atoms with van der Waals surface area (Å²) in [6.45, 7) is 0. The second-order valence-electron chi connectivity index (χ2n) is 3.19. The van der Waals surface area contributed by atoms with E-state index < -0.39 is 6.29 Å². The average Bonchev–Trinajstić information content (AvgIpc) is 2.59. The Morgan fingerprint density at radius 3 is 2.79 bits per heavy atom. The van der Waals surface area contributed by atoms with Gasteiger partial charge in [0.15, 0.2) is 11.5 Å². The van der Waals surface area contributed by atoms with Crippen LogP contribution in [0, 0.1) is 0 Å². The quantitative estimate of drug-likeness (QED) is 0.627. The maximum atomic E-state index is 12.6. The summed E-state index contributed by atoms with van der Waals surface area (Å²) in [4.78, 5) is 4.03. The number of ether oxygens (including phenoxy) is 2. The molecule has 1 saturated heterocycles. The van der Waals surface area contributed by atoms with Crippen molar-refractivity contribution in [2.75, 3.05) is 0 Å². The van der Waals surface area contributed by atoms with Crippen LogP contribution in [0.4, 0.5) is 8.78 Å². The zero-order valence-electron chi connectivity index (χ0n) is 6.91. The van der Waals surface area contributed by atoms with Gasteiger partial charge in [-0.15, -0.1) is 8.78 Å². The first-order chi connectivity index (χ1) is 6.64. The molecular formula is C8H6F2N2O2. The highest BCUT2D eigenvalue weighted by Gasteiger charge is 2.48. The van der Waals surface area contributed by atoms with Gasteiger partial charge in [-0.1, -0.05) is 0 Å². The van der Waals surface area contributed by atoms with Crippen molar-refractivity contribution in [1.29, 1.82) is 0 Å². The highest BCUT2D eigenvalue weighted by atomic mass is 19.3. The fraction of sp³-hybridized carbons (Fsp3) is 0.375. The molecule has 2 heterocycles. The van der Waals surface area contributed by atoms with Crippen LogP contribution in [-0.4, -0.2) is 24.7 Å². The predicted octanol–water partition coefficient (Wildman–Crippen LogP) is 0.734. The molecule has 4 nitrogen and oxygen atoms in total. The van der Waals surface area contributed by atoms with Gasteiger partial charge >= 0.3 is 6.29 Å². The molecule has 0 aromatic heterocycles. The minimum Gasteiger partial charge on any atom is -0.396 e. The molecule has 74 valence electrons. The molecule has 2 unspecified atom stereocenters. The molecule has 3 aliphatic rings. The van der Waals surface area contributed by atoms with Crippen LogP contribution >= 0.6 is 0 Å². The first-order valence-corrected chi connectivity index (χ1v) is 4.12. The van der Waals surface area contributed by atoms with E-state index >= 15 is 0 Å². The lowest BCUT2D eigenvalue weighted by molar-refractivity contribution is -0.326. The van der Waals surface area contributed by atoms with Crippen molar-refractivity contribution in [3.63, 3.8) is 0 Å². The Labute approximate surface area is 77.9 Å². The van der Waals surface area contributed by atoms with Crippen molar-refractivity contribution < 1.29 is 18.3 Å². The summed E-state index contributed by atoms with van der Waals surface area (Å²) in [6.07, 6.45) is 1.08. The van der Waals surface area contributed by atoms with Crippen molar-refractivity contribution >= 4 is 6.34 Å². The summed E-state index contributed by atoms with van der Waals surface area (Å²) in [5, 5.41) is 2.91. The lowest BCUT2D eigenvalue weighted by atomic mass is 10.0. The molecule has 2 aliphatic heterocycles.